The largest absolute Gasteiger partial charge is 0.478 e. The lowest BCUT2D eigenvalue weighted by Crippen LogP contribution is -2.31. The molecule has 0 bridgehead atoms. The Hall–Kier alpha value is -4.29. The van der Waals surface area contributed by atoms with E-state index in [2.05, 4.69) is 4.72 Å². The molecule has 0 amide bonds. The van der Waals surface area contributed by atoms with Gasteiger partial charge in [0.2, 0.25) is 10.0 Å². The fourth-order valence-corrected chi connectivity index (χ4v) is 7.49. The Morgan fingerprint density at radius 3 is 2.15 bits per heavy atom. The number of rotatable bonds is 12. The summed E-state index contributed by atoms with van der Waals surface area (Å²) in [6.07, 6.45) is -0.411. The molecule has 6 rings (SSSR count). The lowest BCUT2D eigenvalue weighted by atomic mass is 9.98. The van der Waals surface area contributed by atoms with Crippen molar-refractivity contribution < 1.29 is 32.9 Å². The van der Waals surface area contributed by atoms with Crippen LogP contribution in [0.1, 0.15) is 51.4 Å². The summed E-state index contributed by atoms with van der Waals surface area (Å²) in [7, 11) is -3.66. The zero-order valence-electron chi connectivity index (χ0n) is 25.9. The van der Waals surface area contributed by atoms with E-state index in [0.29, 0.717) is 12.2 Å². The minimum absolute atomic E-state index is 0.0359. The molecule has 0 spiro atoms. The minimum atomic E-state index is -3.66. The maximum absolute atomic E-state index is 12.9. The number of aliphatic hydroxyl groups excluding tert-OH is 1. The van der Waals surface area contributed by atoms with Crippen molar-refractivity contribution >= 4 is 27.8 Å². The number of thioether (sulfide) groups is 1. The summed E-state index contributed by atoms with van der Waals surface area (Å²) in [5.74, 6) is -0.318. The number of hydrogen-bond donors (Lipinski definition) is 3. The smallest absolute Gasteiger partial charge is 0.335 e. The van der Waals surface area contributed by atoms with Gasteiger partial charge in [0.1, 0.15) is 0 Å². The van der Waals surface area contributed by atoms with Crippen LogP contribution in [0.2, 0.25) is 0 Å². The highest BCUT2D eigenvalue weighted by atomic mass is 32.2. The third-order valence-electron chi connectivity index (χ3n) is 8.17. The van der Waals surface area contributed by atoms with E-state index in [4.69, 9.17) is 9.47 Å². The number of ether oxygens (including phenoxy) is 2. The predicted octanol–water partition coefficient (Wildman–Crippen LogP) is 7.36. The molecular weight excluding hydrogens is 647 g/mol. The van der Waals surface area contributed by atoms with Crippen molar-refractivity contribution in [2.75, 3.05) is 5.75 Å². The van der Waals surface area contributed by atoms with E-state index in [1.165, 1.54) is 0 Å². The first kappa shape index (κ1) is 33.6. The average Bonchev–Trinajstić information content (AvgIpc) is 3.14. The third kappa shape index (κ3) is 8.22. The maximum atomic E-state index is 12.9. The van der Waals surface area contributed by atoms with Crippen LogP contribution in [0.15, 0.2) is 137 Å². The first-order chi connectivity index (χ1) is 23.3. The summed E-state index contributed by atoms with van der Waals surface area (Å²) in [6, 6.07) is 38.4. The molecule has 0 unspecified atom stereocenters. The highest BCUT2D eigenvalue weighted by molar-refractivity contribution is 7.99. The maximum Gasteiger partial charge on any atom is 0.335 e. The fourth-order valence-electron chi connectivity index (χ4n) is 5.54. The zero-order chi connectivity index (χ0) is 33.5. The second-order valence-corrected chi connectivity index (χ2v) is 14.3. The van der Waals surface area contributed by atoms with E-state index >= 15 is 0 Å². The molecule has 0 aliphatic carbocycles. The molecule has 246 valence electrons. The van der Waals surface area contributed by atoms with Gasteiger partial charge in [0.05, 0.1) is 29.3 Å². The molecule has 1 heterocycles. The normalized spacial score (nSPS) is 18.0. The second kappa shape index (κ2) is 15.3. The lowest BCUT2D eigenvalue weighted by molar-refractivity contribution is -0.245. The number of carbonyl (C=O) groups is 1. The van der Waals surface area contributed by atoms with Gasteiger partial charge in [-0.1, -0.05) is 91.0 Å². The Bertz CT molecular complexity index is 1930. The molecular formula is C38H35NO7S2. The number of aromatic carboxylic acids is 1. The summed E-state index contributed by atoms with van der Waals surface area (Å²) < 4.78 is 41.4. The second-order valence-electron chi connectivity index (χ2n) is 11.4. The predicted molar refractivity (Wildman–Crippen MR) is 185 cm³/mol. The van der Waals surface area contributed by atoms with Crippen molar-refractivity contribution in [1.82, 2.24) is 4.72 Å². The molecule has 0 saturated carbocycles. The molecule has 1 saturated heterocycles. The molecule has 48 heavy (non-hydrogen) atoms. The molecule has 3 atom stereocenters. The highest BCUT2D eigenvalue weighted by Crippen LogP contribution is 2.40. The van der Waals surface area contributed by atoms with Crippen LogP contribution in [0.5, 0.6) is 0 Å². The van der Waals surface area contributed by atoms with Gasteiger partial charge in [-0.05, 0) is 64.2 Å². The van der Waals surface area contributed by atoms with Crippen molar-refractivity contribution in [3.05, 3.63) is 155 Å². The van der Waals surface area contributed by atoms with E-state index in [-0.39, 0.29) is 35.8 Å². The number of carboxylic acids is 1. The number of benzene rings is 5. The van der Waals surface area contributed by atoms with Crippen molar-refractivity contribution in [2.45, 2.75) is 47.9 Å². The quantitative estimate of drug-likeness (QED) is 0.117. The SMILES string of the molecule is O=C(O)c1ccc(SC[C@H]2C[C@@H](c3ccc(CO)cc3)O[C@@H](c3ccc(-c4ccccc4CNS(=O)(=O)c4ccccc4)cc3)O2)cc1. The topological polar surface area (TPSA) is 122 Å². The monoisotopic (exact) mass is 681 g/mol. The van der Waals surface area contributed by atoms with Gasteiger partial charge < -0.3 is 19.7 Å². The molecule has 5 aromatic rings. The summed E-state index contributed by atoms with van der Waals surface area (Å²) in [5.41, 5.74) is 5.58. The third-order valence-corrected chi connectivity index (χ3v) is 10.7. The Morgan fingerprint density at radius 1 is 0.792 bits per heavy atom. The number of sulfonamides is 1. The molecule has 8 nitrogen and oxygen atoms in total. The molecule has 0 radical (unpaired) electrons. The van der Waals surface area contributed by atoms with Crippen molar-refractivity contribution in [3.63, 3.8) is 0 Å². The van der Waals surface area contributed by atoms with Crippen LogP contribution >= 0.6 is 11.8 Å². The van der Waals surface area contributed by atoms with Crippen LogP contribution in [-0.2, 0) is 32.6 Å². The summed E-state index contributed by atoms with van der Waals surface area (Å²) >= 11 is 1.60. The number of nitrogens with one attached hydrogen (secondary N) is 1. The van der Waals surface area contributed by atoms with Gasteiger partial charge in [0, 0.05) is 29.2 Å². The Balaban J connectivity index is 1.19. The van der Waals surface area contributed by atoms with Gasteiger partial charge >= 0.3 is 5.97 Å². The first-order valence-electron chi connectivity index (χ1n) is 15.5. The number of hydrogen-bond acceptors (Lipinski definition) is 7. The van der Waals surface area contributed by atoms with Gasteiger partial charge in [-0.25, -0.2) is 17.9 Å². The van der Waals surface area contributed by atoms with Crippen LogP contribution in [-0.4, -0.2) is 36.5 Å². The Morgan fingerprint density at radius 2 is 1.46 bits per heavy atom. The molecule has 10 heteroatoms. The Kier molecular flexibility index (Phi) is 10.7. The van der Waals surface area contributed by atoms with Crippen LogP contribution in [0, 0.1) is 0 Å². The van der Waals surface area contributed by atoms with Gasteiger partial charge in [0.25, 0.3) is 0 Å². The Labute approximate surface area is 284 Å². The minimum Gasteiger partial charge on any atom is -0.478 e. The van der Waals surface area contributed by atoms with E-state index in [9.17, 15) is 23.4 Å². The van der Waals surface area contributed by atoms with Crippen LogP contribution in [0.3, 0.4) is 0 Å². The highest BCUT2D eigenvalue weighted by Gasteiger charge is 2.32. The van der Waals surface area contributed by atoms with E-state index in [1.54, 1.807) is 66.4 Å². The lowest BCUT2D eigenvalue weighted by Gasteiger charge is -2.36. The van der Waals surface area contributed by atoms with E-state index in [1.807, 2.05) is 72.8 Å². The van der Waals surface area contributed by atoms with Gasteiger partial charge in [-0.15, -0.1) is 11.8 Å². The van der Waals surface area contributed by atoms with Crippen molar-refractivity contribution in [1.29, 1.82) is 0 Å². The van der Waals surface area contributed by atoms with Crippen LogP contribution in [0.4, 0.5) is 0 Å². The van der Waals surface area contributed by atoms with Crippen molar-refractivity contribution in [2.24, 2.45) is 0 Å². The van der Waals surface area contributed by atoms with Gasteiger partial charge in [-0.3, -0.25) is 0 Å². The molecule has 1 aliphatic heterocycles. The summed E-state index contributed by atoms with van der Waals surface area (Å²) in [5, 5.41) is 18.7. The first-order valence-corrected chi connectivity index (χ1v) is 18.0. The average molecular weight is 682 g/mol. The van der Waals surface area contributed by atoms with Crippen molar-refractivity contribution in [3.8, 4) is 11.1 Å². The molecule has 1 aliphatic rings. The fraction of sp³-hybridized carbons (Fsp3) is 0.184. The van der Waals surface area contributed by atoms with E-state index in [0.717, 1.165) is 38.3 Å². The molecule has 3 N–H and O–H groups in total. The van der Waals surface area contributed by atoms with Crippen LogP contribution in [0.25, 0.3) is 11.1 Å². The molecule has 0 aromatic heterocycles. The van der Waals surface area contributed by atoms with Gasteiger partial charge in [0.15, 0.2) is 6.29 Å². The zero-order valence-corrected chi connectivity index (χ0v) is 27.6. The number of aliphatic hydroxyl groups is 1. The molecule has 1 fully saturated rings. The number of carboxylic acid groups (broad SMARTS) is 1. The molecule has 5 aromatic carbocycles. The summed E-state index contributed by atoms with van der Waals surface area (Å²) in [4.78, 5) is 12.4. The van der Waals surface area contributed by atoms with Crippen LogP contribution < -0.4 is 4.72 Å². The van der Waals surface area contributed by atoms with E-state index < -0.39 is 22.3 Å². The van der Waals surface area contributed by atoms with Gasteiger partial charge in [-0.2, -0.15) is 0 Å². The summed E-state index contributed by atoms with van der Waals surface area (Å²) in [6.45, 7) is 0.102. The standard InChI is InChI=1S/C38H35NO7S2/c40-24-26-10-12-28(13-11-26)36-22-32(25-47-33-20-18-29(19-21-33)37(41)42)45-38(46-36)30-16-14-27(15-17-30)35-9-5-4-6-31(35)23-39-48(43,44)34-7-2-1-3-8-34/h1-21,32,36,38-40H,22-25H2,(H,41,42)/t32-,36+,38+/m1/s1.